The molecule has 3 rings (SSSR count). The fraction of sp³-hybridized carbons (Fsp3) is 0.267. The molecule has 4 nitrogen and oxygen atoms in total. The van der Waals surface area contributed by atoms with Gasteiger partial charge in [0.25, 0.3) is 5.91 Å². The fourth-order valence-electron chi connectivity index (χ4n) is 2.18. The van der Waals surface area contributed by atoms with Gasteiger partial charge in [-0.1, -0.05) is 12.1 Å². The van der Waals surface area contributed by atoms with Crippen LogP contribution in [0.3, 0.4) is 0 Å². The average molecular weight is 336 g/mol. The lowest BCUT2D eigenvalue weighted by Gasteiger charge is -2.21. The Kier molecular flexibility index (Phi) is 3.53. The van der Waals surface area contributed by atoms with Gasteiger partial charge in [0, 0.05) is 12.6 Å². The number of phenolic OH excluding ortho intramolecular Hbond substituents is 1. The average Bonchev–Trinajstić information content (AvgIpc) is 3.17. The molecule has 1 N–H and O–H groups in total. The fourth-order valence-corrected chi connectivity index (χ4v) is 2.48. The molecule has 0 radical (unpaired) electrons. The van der Waals surface area contributed by atoms with Gasteiger partial charge in [0.2, 0.25) is 0 Å². The molecule has 0 bridgehead atoms. The lowest BCUT2D eigenvalue weighted by Crippen LogP contribution is -2.32. The Morgan fingerprint density at radius 3 is 2.75 bits per heavy atom. The topological polar surface area (TPSA) is 53.7 Å². The number of carbonyl (C=O) groups excluding carboxylic acids is 1. The van der Waals surface area contributed by atoms with E-state index in [1.165, 1.54) is 0 Å². The van der Waals surface area contributed by atoms with E-state index in [0.717, 1.165) is 18.4 Å². The summed E-state index contributed by atoms with van der Waals surface area (Å²) in [5.74, 6) is 0.442. The summed E-state index contributed by atoms with van der Waals surface area (Å²) in [7, 11) is 0. The second-order valence-electron chi connectivity index (χ2n) is 4.94. The number of amides is 1. The summed E-state index contributed by atoms with van der Waals surface area (Å²) in [6.07, 6.45) is 2.04. The number of halogens is 1. The minimum atomic E-state index is -0.110. The van der Waals surface area contributed by atoms with Crippen molar-refractivity contribution < 1.29 is 14.3 Å². The number of hydrogen-bond acceptors (Lipinski definition) is 3. The second kappa shape index (κ2) is 5.32. The van der Waals surface area contributed by atoms with Crippen LogP contribution in [-0.4, -0.2) is 22.0 Å². The Hall–Kier alpha value is -1.75. The highest BCUT2D eigenvalue weighted by Crippen LogP contribution is 2.31. The number of phenols is 1. The standard InChI is InChI=1S/C15H14BrNO3/c16-14-7-6-13(20-14)15(19)17(11-4-5-11)9-10-2-1-3-12(18)8-10/h1-3,6-8,11,18H,4-5,9H2. The third-order valence-electron chi connectivity index (χ3n) is 3.30. The summed E-state index contributed by atoms with van der Waals surface area (Å²) in [5, 5.41) is 9.51. The molecule has 0 unspecified atom stereocenters. The zero-order valence-electron chi connectivity index (χ0n) is 10.8. The van der Waals surface area contributed by atoms with E-state index >= 15 is 0 Å². The highest BCUT2D eigenvalue weighted by molar-refractivity contribution is 9.10. The second-order valence-corrected chi connectivity index (χ2v) is 5.72. The highest BCUT2D eigenvalue weighted by atomic mass is 79.9. The number of benzene rings is 1. The maximum absolute atomic E-state index is 12.5. The Morgan fingerprint density at radius 1 is 1.35 bits per heavy atom. The first-order valence-electron chi connectivity index (χ1n) is 6.48. The summed E-state index contributed by atoms with van der Waals surface area (Å²) in [5.41, 5.74) is 0.913. The molecule has 5 heteroatoms. The summed E-state index contributed by atoms with van der Waals surface area (Å²) < 4.78 is 5.89. The summed E-state index contributed by atoms with van der Waals surface area (Å²) >= 11 is 3.21. The molecule has 1 aromatic carbocycles. The molecule has 1 aliphatic carbocycles. The van der Waals surface area contributed by atoms with E-state index in [0.29, 0.717) is 17.0 Å². The first-order chi connectivity index (χ1) is 9.63. The van der Waals surface area contributed by atoms with Crippen molar-refractivity contribution in [3.05, 3.63) is 52.4 Å². The van der Waals surface area contributed by atoms with Crippen molar-refractivity contribution in [2.75, 3.05) is 0 Å². The normalized spacial score (nSPS) is 14.2. The number of carbonyl (C=O) groups is 1. The van der Waals surface area contributed by atoms with Crippen molar-refractivity contribution in [1.82, 2.24) is 4.90 Å². The zero-order valence-corrected chi connectivity index (χ0v) is 12.3. The molecule has 0 atom stereocenters. The number of furan rings is 1. The lowest BCUT2D eigenvalue weighted by atomic mass is 10.2. The molecule has 20 heavy (non-hydrogen) atoms. The maximum atomic E-state index is 12.5. The van der Waals surface area contributed by atoms with E-state index in [-0.39, 0.29) is 17.7 Å². The van der Waals surface area contributed by atoms with Gasteiger partial charge in [0.15, 0.2) is 10.4 Å². The molecule has 104 valence electrons. The molecule has 1 saturated carbocycles. The molecule has 0 spiro atoms. The van der Waals surface area contributed by atoms with Crippen LogP contribution >= 0.6 is 15.9 Å². The third-order valence-corrected chi connectivity index (χ3v) is 3.72. The van der Waals surface area contributed by atoms with Gasteiger partial charge >= 0.3 is 0 Å². The van der Waals surface area contributed by atoms with E-state index in [1.807, 2.05) is 6.07 Å². The Morgan fingerprint density at radius 2 is 2.15 bits per heavy atom. The van der Waals surface area contributed by atoms with Gasteiger partial charge in [-0.2, -0.15) is 0 Å². The molecule has 1 heterocycles. The van der Waals surface area contributed by atoms with Crippen LogP contribution in [0.25, 0.3) is 0 Å². The van der Waals surface area contributed by atoms with Crippen molar-refractivity contribution in [2.45, 2.75) is 25.4 Å². The van der Waals surface area contributed by atoms with Crippen molar-refractivity contribution in [3.63, 3.8) is 0 Å². The van der Waals surface area contributed by atoms with Crippen LogP contribution in [0.15, 0.2) is 45.5 Å². The van der Waals surface area contributed by atoms with Crippen molar-refractivity contribution in [3.8, 4) is 5.75 Å². The molecule has 1 fully saturated rings. The monoisotopic (exact) mass is 335 g/mol. The van der Waals surface area contributed by atoms with Crippen molar-refractivity contribution >= 4 is 21.8 Å². The van der Waals surface area contributed by atoms with Gasteiger partial charge in [-0.25, -0.2) is 0 Å². The smallest absolute Gasteiger partial charge is 0.290 e. The lowest BCUT2D eigenvalue weighted by molar-refractivity contribution is 0.0696. The first-order valence-corrected chi connectivity index (χ1v) is 7.27. The zero-order chi connectivity index (χ0) is 14.1. The third kappa shape index (κ3) is 2.88. The minimum Gasteiger partial charge on any atom is -0.508 e. The Bertz CT molecular complexity index is 634. The van der Waals surface area contributed by atoms with Gasteiger partial charge in [-0.3, -0.25) is 4.79 Å². The van der Waals surface area contributed by atoms with E-state index in [4.69, 9.17) is 4.42 Å². The molecule has 1 amide bonds. The highest BCUT2D eigenvalue weighted by Gasteiger charge is 2.34. The van der Waals surface area contributed by atoms with Gasteiger partial charge < -0.3 is 14.4 Å². The summed E-state index contributed by atoms with van der Waals surface area (Å²) in [4.78, 5) is 14.3. The molecular weight excluding hydrogens is 322 g/mol. The number of hydrogen-bond donors (Lipinski definition) is 1. The largest absolute Gasteiger partial charge is 0.508 e. The predicted octanol–water partition coefficient (Wildman–Crippen LogP) is 3.55. The quantitative estimate of drug-likeness (QED) is 0.929. The number of rotatable bonds is 4. The van der Waals surface area contributed by atoms with Crippen LogP contribution in [0.1, 0.15) is 29.0 Å². The van der Waals surface area contributed by atoms with Crippen molar-refractivity contribution in [1.29, 1.82) is 0 Å². The number of nitrogens with zero attached hydrogens (tertiary/aromatic N) is 1. The molecular formula is C15H14BrNO3. The van der Waals surface area contributed by atoms with Gasteiger partial charge in [-0.15, -0.1) is 0 Å². The van der Waals surface area contributed by atoms with Gasteiger partial charge in [0.1, 0.15) is 5.75 Å². The number of aromatic hydroxyl groups is 1. The van der Waals surface area contributed by atoms with Gasteiger partial charge in [0.05, 0.1) is 0 Å². The molecule has 1 aromatic heterocycles. The first kappa shape index (κ1) is 13.2. The molecule has 2 aromatic rings. The minimum absolute atomic E-state index is 0.110. The van der Waals surface area contributed by atoms with E-state index < -0.39 is 0 Å². The summed E-state index contributed by atoms with van der Waals surface area (Å²) in [6, 6.07) is 10.6. The van der Waals surface area contributed by atoms with Crippen LogP contribution in [0.2, 0.25) is 0 Å². The van der Waals surface area contributed by atoms with Crippen LogP contribution < -0.4 is 0 Å². The molecule has 1 aliphatic rings. The predicted molar refractivity (Wildman–Crippen MR) is 77.4 cm³/mol. The van der Waals surface area contributed by atoms with Crippen LogP contribution in [0.5, 0.6) is 5.75 Å². The Labute approximate surface area is 125 Å². The summed E-state index contributed by atoms with van der Waals surface area (Å²) in [6.45, 7) is 0.482. The van der Waals surface area contributed by atoms with Crippen LogP contribution in [0.4, 0.5) is 0 Å². The molecule has 0 saturated heterocycles. The van der Waals surface area contributed by atoms with Gasteiger partial charge in [-0.05, 0) is 58.6 Å². The Balaban J connectivity index is 1.81. The van der Waals surface area contributed by atoms with E-state index in [9.17, 15) is 9.90 Å². The van der Waals surface area contributed by atoms with E-state index in [2.05, 4.69) is 15.9 Å². The van der Waals surface area contributed by atoms with Crippen LogP contribution in [0, 0.1) is 0 Å². The van der Waals surface area contributed by atoms with Crippen LogP contribution in [-0.2, 0) is 6.54 Å². The molecule has 0 aliphatic heterocycles. The van der Waals surface area contributed by atoms with E-state index in [1.54, 1.807) is 35.2 Å². The van der Waals surface area contributed by atoms with Crippen molar-refractivity contribution in [2.24, 2.45) is 0 Å². The maximum Gasteiger partial charge on any atom is 0.290 e. The SMILES string of the molecule is O=C(c1ccc(Br)o1)N(Cc1cccc(O)c1)C1CC1.